The fraction of sp³-hybridized carbons (Fsp3) is 0.381. The van der Waals surface area contributed by atoms with Gasteiger partial charge in [0.1, 0.15) is 23.7 Å². The van der Waals surface area contributed by atoms with Crippen molar-refractivity contribution in [3.05, 3.63) is 59.6 Å². The van der Waals surface area contributed by atoms with Crippen LogP contribution in [-0.4, -0.2) is 23.2 Å². The van der Waals surface area contributed by atoms with Crippen molar-refractivity contribution < 1.29 is 14.3 Å². The summed E-state index contributed by atoms with van der Waals surface area (Å²) in [5, 5.41) is 14.1. The first-order valence-electron chi connectivity index (χ1n) is 9.24. The second-order valence-electron chi connectivity index (χ2n) is 6.74. The highest BCUT2D eigenvalue weighted by Gasteiger charge is 2.32. The van der Waals surface area contributed by atoms with E-state index in [1.54, 1.807) is 6.20 Å². The van der Waals surface area contributed by atoms with E-state index in [1.165, 1.54) is 5.56 Å². The zero-order valence-corrected chi connectivity index (χ0v) is 14.8. The van der Waals surface area contributed by atoms with Crippen molar-refractivity contribution >= 4 is 11.0 Å². The van der Waals surface area contributed by atoms with Crippen LogP contribution in [0.1, 0.15) is 42.1 Å². The Bertz CT molecular complexity index is 856. The van der Waals surface area contributed by atoms with Crippen LogP contribution in [0, 0.1) is 0 Å². The number of hydrogen-bond donors (Lipinski definition) is 2. The Morgan fingerprint density at radius 2 is 2.15 bits per heavy atom. The quantitative estimate of drug-likeness (QED) is 0.574. The number of nitrogens with one attached hydrogen (secondary N) is 1. The minimum atomic E-state index is -0.0573. The molecule has 0 atom stereocenters. The molecule has 2 aromatic heterocycles. The van der Waals surface area contributed by atoms with Gasteiger partial charge in [-0.2, -0.15) is 0 Å². The molecule has 1 aliphatic carbocycles. The number of ether oxygens (including phenoxy) is 1. The molecule has 3 aromatic rings. The van der Waals surface area contributed by atoms with Crippen LogP contribution >= 0.6 is 0 Å². The molecule has 0 radical (unpaired) electrons. The number of furan rings is 1. The van der Waals surface area contributed by atoms with E-state index in [2.05, 4.69) is 16.4 Å². The van der Waals surface area contributed by atoms with Crippen LogP contribution < -0.4 is 10.1 Å². The van der Waals surface area contributed by atoms with E-state index < -0.39 is 0 Å². The first kappa shape index (κ1) is 17.1. The third-order valence-corrected chi connectivity index (χ3v) is 4.73. The summed E-state index contributed by atoms with van der Waals surface area (Å²) in [4.78, 5) is 4.11. The van der Waals surface area contributed by atoms with Crippen molar-refractivity contribution in [1.29, 1.82) is 0 Å². The molecule has 136 valence electrons. The monoisotopic (exact) mass is 352 g/mol. The molecule has 0 unspecified atom stereocenters. The second-order valence-corrected chi connectivity index (χ2v) is 6.74. The van der Waals surface area contributed by atoms with Gasteiger partial charge in [0.05, 0.1) is 12.0 Å². The van der Waals surface area contributed by atoms with Crippen molar-refractivity contribution in [3.63, 3.8) is 0 Å². The van der Waals surface area contributed by atoms with E-state index >= 15 is 0 Å². The van der Waals surface area contributed by atoms with Gasteiger partial charge in [0.2, 0.25) is 0 Å². The lowest BCUT2D eigenvalue weighted by Crippen LogP contribution is -2.17. The van der Waals surface area contributed by atoms with E-state index in [0.29, 0.717) is 18.3 Å². The molecule has 5 heteroatoms. The van der Waals surface area contributed by atoms with Crippen LogP contribution in [0.25, 0.3) is 11.0 Å². The van der Waals surface area contributed by atoms with E-state index in [9.17, 15) is 5.11 Å². The van der Waals surface area contributed by atoms with E-state index in [1.807, 2.05) is 30.5 Å². The van der Waals surface area contributed by atoms with E-state index in [-0.39, 0.29) is 6.61 Å². The predicted octanol–water partition coefficient (Wildman–Crippen LogP) is 3.76. The smallest absolute Gasteiger partial charge is 0.138 e. The third kappa shape index (κ3) is 3.74. The maximum Gasteiger partial charge on any atom is 0.138 e. The molecule has 0 amide bonds. The molecule has 0 aliphatic heterocycles. The number of nitrogens with zero attached hydrogens (tertiary/aromatic N) is 1. The van der Waals surface area contributed by atoms with Crippen LogP contribution in [0.3, 0.4) is 0 Å². The number of rotatable bonds is 9. The number of aliphatic hydroxyl groups excluding tert-OH is 1. The van der Waals surface area contributed by atoms with Gasteiger partial charge >= 0.3 is 0 Å². The van der Waals surface area contributed by atoms with Gasteiger partial charge in [0.25, 0.3) is 0 Å². The van der Waals surface area contributed by atoms with Gasteiger partial charge in [0, 0.05) is 24.5 Å². The number of hydrogen-bond acceptors (Lipinski definition) is 5. The topological polar surface area (TPSA) is 67.5 Å². The zero-order chi connectivity index (χ0) is 17.8. The first-order chi connectivity index (χ1) is 12.9. The molecule has 4 rings (SSSR count). The van der Waals surface area contributed by atoms with Gasteiger partial charge in [-0.05, 0) is 55.5 Å². The lowest BCUT2D eigenvalue weighted by Gasteiger charge is -2.09. The summed E-state index contributed by atoms with van der Waals surface area (Å²) in [6.07, 6.45) is 6.90. The fourth-order valence-electron chi connectivity index (χ4n) is 3.34. The molecule has 0 spiro atoms. The fourth-order valence-corrected chi connectivity index (χ4v) is 3.34. The molecule has 0 bridgehead atoms. The van der Waals surface area contributed by atoms with Crippen molar-refractivity contribution in [2.75, 3.05) is 13.2 Å². The SMILES string of the molecule is OCc1oc2cccc(OCCCNCc3cccnc3)c2c1C1CC1. The molecule has 1 saturated carbocycles. The van der Waals surface area contributed by atoms with Crippen LogP contribution in [0.4, 0.5) is 0 Å². The number of aliphatic hydroxyl groups is 1. The minimum absolute atomic E-state index is 0.0573. The summed E-state index contributed by atoms with van der Waals surface area (Å²) in [7, 11) is 0. The zero-order valence-electron chi connectivity index (χ0n) is 14.8. The minimum Gasteiger partial charge on any atom is -0.493 e. The first-order valence-corrected chi connectivity index (χ1v) is 9.24. The van der Waals surface area contributed by atoms with Gasteiger partial charge in [-0.3, -0.25) is 4.98 Å². The summed E-state index contributed by atoms with van der Waals surface area (Å²) in [6, 6.07) is 9.90. The largest absolute Gasteiger partial charge is 0.493 e. The lowest BCUT2D eigenvalue weighted by molar-refractivity contribution is 0.249. The van der Waals surface area contributed by atoms with Crippen molar-refractivity contribution in [2.45, 2.75) is 38.3 Å². The molecule has 5 nitrogen and oxygen atoms in total. The van der Waals surface area contributed by atoms with Crippen molar-refractivity contribution in [2.24, 2.45) is 0 Å². The van der Waals surface area contributed by atoms with Gasteiger partial charge < -0.3 is 19.6 Å². The Hall–Kier alpha value is -2.37. The Kier molecular flexibility index (Phi) is 5.18. The lowest BCUT2D eigenvalue weighted by atomic mass is 10.1. The highest BCUT2D eigenvalue weighted by molar-refractivity contribution is 5.89. The molecule has 2 heterocycles. The average Bonchev–Trinajstić information content (AvgIpc) is 3.45. The van der Waals surface area contributed by atoms with Crippen LogP contribution in [0.5, 0.6) is 5.75 Å². The Morgan fingerprint density at radius 1 is 1.23 bits per heavy atom. The predicted molar refractivity (Wildman–Crippen MR) is 100 cm³/mol. The van der Waals surface area contributed by atoms with Gasteiger partial charge in [-0.25, -0.2) is 0 Å². The van der Waals surface area contributed by atoms with Gasteiger partial charge in [-0.15, -0.1) is 0 Å². The molecule has 1 aromatic carbocycles. The Labute approximate surface area is 153 Å². The summed E-state index contributed by atoms with van der Waals surface area (Å²) in [6.45, 7) is 2.28. The Morgan fingerprint density at radius 3 is 2.92 bits per heavy atom. The standard InChI is InChI=1S/C21H24N2O3/c24-14-19-20(16-7-8-16)21-17(5-1-6-18(21)26-19)25-11-3-10-23-13-15-4-2-9-22-12-15/h1-2,4-6,9,12,16,23-24H,3,7-8,10-11,13-14H2. The van der Waals surface area contributed by atoms with Gasteiger partial charge in [0.15, 0.2) is 0 Å². The molecular weight excluding hydrogens is 328 g/mol. The molecule has 26 heavy (non-hydrogen) atoms. The summed E-state index contributed by atoms with van der Waals surface area (Å²) >= 11 is 0. The molecule has 1 fully saturated rings. The Balaban J connectivity index is 1.35. The summed E-state index contributed by atoms with van der Waals surface area (Å²) < 4.78 is 11.9. The average molecular weight is 352 g/mol. The number of aromatic nitrogens is 1. The van der Waals surface area contributed by atoms with Crippen molar-refractivity contribution in [1.82, 2.24) is 10.3 Å². The van der Waals surface area contributed by atoms with E-state index in [4.69, 9.17) is 9.15 Å². The number of fused-ring (bicyclic) bond motifs is 1. The highest BCUT2D eigenvalue weighted by Crippen LogP contribution is 2.48. The maximum atomic E-state index is 9.61. The number of pyridine rings is 1. The maximum absolute atomic E-state index is 9.61. The highest BCUT2D eigenvalue weighted by atomic mass is 16.5. The van der Waals surface area contributed by atoms with Gasteiger partial charge in [-0.1, -0.05) is 12.1 Å². The van der Waals surface area contributed by atoms with Crippen LogP contribution in [0.15, 0.2) is 47.1 Å². The normalized spacial score (nSPS) is 14.0. The van der Waals surface area contributed by atoms with Crippen LogP contribution in [-0.2, 0) is 13.2 Å². The summed E-state index contributed by atoms with van der Waals surface area (Å²) in [5.41, 5.74) is 3.14. The van der Waals surface area contributed by atoms with E-state index in [0.717, 1.165) is 54.6 Å². The molecule has 1 aliphatic rings. The number of benzene rings is 1. The molecular formula is C21H24N2O3. The van der Waals surface area contributed by atoms with Crippen LogP contribution in [0.2, 0.25) is 0 Å². The third-order valence-electron chi connectivity index (χ3n) is 4.73. The molecule has 0 saturated heterocycles. The second kappa shape index (κ2) is 7.89. The molecule has 2 N–H and O–H groups in total. The summed E-state index contributed by atoms with van der Waals surface area (Å²) in [5.74, 6) is 2.06. The van der Waals surface area contributed by atoms with Crippen molar-refractivity contribution in [3.8, 4) is 5.75 Å².